The van der Waals surface area contributed by atoms with Crippen LogP contribution in [0.1, 0.15) is 43.2 Å². The highest BCUT2D eigenvalue weighted by atomic mass is 35.5. The van der Waals surface area contributed by atoms with E-state index < -0.39 is 11.8 Å². The summed E-state index contributed by atoms with van der Waals surface area (Å²) in [7, 11) is 2.18. The molecule has 0 unspecified atom stereocenters. The van der Waals surface area contributed by atoms with Crippen molar-refractivity contribution in [2.45, 2.75) is 62.9 Å². The molecule has 4 heterocycles. The van der Waals surface area contributed by atoms with Crippen LogP contribution in [-0.4, -0.2) is 120 Å². The first-order chi connectivity index (χ1) is 22.3. The van der Waals surface area contributed by atoms with Gasteiger partial charge in [-0.15, -0.1) is 0 Å². The summed E-state index contributed by atoms with van der Waals surface area (Å²) in [5.74, 6) is 0. The van der Waals surface area contributed by atoms with Crippen LogP contribution >= 0.6 is 23.2 Å². The minimum atomic E-state index is -0.919. The lowest BCUT2D eigenvalue weighted by molar-refractivity contribution is -0.130. The van der Waals surface area contributed by atoms with Crippen molar-refractivity contribution >= 4 is 47.3 Å². The third-order valence-corrected chi connectivity index (χ3v) is 11.2. The molecule has 0 spiro atoms. The first kappa shape index (κ1) is 33.0. The fourth-order valence-electron chi connectivity index (χ4n) is 7.81. The number of nitrogens with zero attached hydrogens (tertiary/aromatic N) is 5. The molecule has 2 atom stereocenters. The average Bonchev–Trinajstić information content (AvgIpc) is 3.23. The van der Waals surface area contributed by atoms with Gasteiger partial charge in [-0.2, -0.15) is 0 Å². The summed E-state index contributed by atoms with van der Waals surface area (Å²) in [4.78, 5) is 50.9. The molecule has 0 saturated carbocycles. The molecule has 46 heavy (non-hydrogen) atoms. The van der Waals surface area contributed by atoms with Crippen molar-refractivity contribution in [1.29, 1.82) is 0 Å². The van der Waals surface area contributed by atoms with Gasteiger partial charge < -0.3 is 24.6 Å². The summed E-state index contributed by atoms with van der Waals surface area (Å²) in [6.45, 7) is 6.34. The van der Waals surface area contributed by atoms with Crippen molar-refractivity contribution in [3.8, 4) is 0 Å². The van der Waals surface area contributed by atoms with Gasteiger partial charge in [0.05, 0.1) is 10.0 Å². The second-order valence-corrected chi connectivity index (χ2v) is 13.9. The van der Waals surface area contributed by atoms with Gasteiger partial charge in [-0.05, 0) is 75.1 Å². The van der Waals surface area contributed by atoms with E-state index in [1.807, 2.05) is 29.2 Å². The van der Waals surface area contributed by atoms with Crippen LogP contribution in [-0.2, 0) is 22.6 Å². The fraction of sp³-hybridized carbons (Fsp3) is 0.559. The van der Waals surface area contributed by atoms with Crippen LogP contribution in [0.4, 0.5) is 15.3 Å². The topological polar surface area (TPSA) is 88.7 Å². The maximum atomic E-state index is 13.9. The molecule has 0 aliphatic carbocycles. The number of piperazine rings is 1. The molecule has 3 saturated heterocycles. The Bertz CT molecular complexity index is 1410. The van der Waals surface area contributed by atoms with E-state index in [1.165, 1.54) is 0 Å². The zero-order valence-corrected chi connectivity index (χ0v) is 28.0. The summed E-state index contributed by atoms with van der Waals surface area (Å²) in [5, 5.41) is 3.93. The lowest BCUT2D eigenvalue weighted by Gasteiger charge is -2.57. The standard InChI is InChI=1S/C34H44Cl2N6O4/c1-38-13-9-27(10-14-38)39-17-19-40(20-18-39)34(12-21-43)23-28(41-15-8-26-4-2-3-5-31(26)37-32(41)44)11-16-42(34)33(45)46-24-25-6-7-29(35)30(36)22-25/h2-7,21-22,27-28H,8-20,23-24H2,1H3,(H,37,44)/t28-,34+/m1/s1. The number of carbonyl (C=O) groups is 3. The summed E-state index contributed by atoms with van der Waals surface area (Å²) in [6.07, 6.45) is 4.66. The highest BCUT2D eigenvalue weighted by Crippen LogP contribution is 2.39. The summed E-state index contributed by atoms with van der Waals surface area (Å²) < 4.78 is 5.88. The zero-order valence-electron chi connectivity index (χ0n) is 26.5. The van der Waals surface area contributed by atoms with E-state index in [0.29, 0.717) is 42.0 Å². The van der Waals surface area contributed by atoms with Gasteiger partial charge in [0.25, 0.3) is 0 Å². The average molecular weight is 672 g/mol. The van der Waals surface area contributed by atoms with E-state index in [2.05, 4.69) is 27.1 Å². The first-order valence-electron chi connectivity index (χ1n) is 16.4. The second kappa shape index (κ2) is 14.5. The van der Waals surface area contributed by atoms with Crippen molar-refractivity contribution < 1.29 is 19.1 Å². The number of nitrogens with one attached hydrogen (secondary N) is 1. The molecule has 3 fully saturated rings. The van der Waals surface area contributed by atoms with Crippen LogP contribution in [0.3, 0.4) is 0 Å². The van der Waals surface area contributed by atoms with Gasteiger partial charge in [0.15, 0.2) is 0 Å². The molecule has 2 aromatic carbocycles. The molecule has 12 heteroatoms. The number of amides is 3. The molecule has 2 aromatic rings. The van der Waals surface area contributed by atoms with Gasteiger partial charge >= 0.3 is 12.1 Å². The molecule has 3 amide bonds. The Labute approximate surface area is 281 Å². The number of likely N-dealkylation sites (tertiary alicyclic amines) is 2. The summed E-state index contributed by atoms with van der Waals surface area (Å²) in [5.41, 5.74) is 1.75. The van der Waals surface area contributed by atoms with Gasteiger partial charge in [0.2, 0.25) is 0 Å². The molecule has 6 rings (SSSR count). The number of anilines is 1. The molecular weight excluding hydrogens is 627 g/mol. The molecule has 248 valence electrons. The Morgan fingerprint density at radius 3 is 2.43 bits per heavy atom. The highest BCUT2D eigenvalue weighted by Gasteiger charge is 2.52. The number of para-hydroxylation sites is 1. The van der Waals surface area contributed by atoms with Crippen molar-refractivity contribution in [3.63, 3.8) is 0 Å². The number of benzene rings is 2. The predicted molar refractivity (Wildman–Crippen MR) is 179 cm³/mol. The lowest BCUT2D eigenvalue weighted by atomic mass is 9.85. The number of halogens is 2. The van der Waals surface area contributed by atoms with E-state index in [-0.39, 0.29) is 25.1 Å². The van der Waals surface area contributed by atoms with E-state index in [1.54, 1.807) is 23.1 Å². The van der Waals surface area contributed by atoms with Crippen molar-refractivity contribution in [1.82, 2.24) is 24.5 Å². The zero-order chi connectivity index (χ0) is 32.3. The number of carbonyl (C=O) groups excluding carboxylic acids is 3. The smallest absolute Gasteiger partial charge is 0.411 e. The fourth-order valence-corrected chi connectivity index (χ4v) is 8.13. The minimum absolute atomic E-state index is 0.0313. The number of ether oxygens (including phenoxy) is 1. The molecule has 0 radical (unpaired) electrons. The Morgan fingerprint density at radius 1 is 0.957 bits per heavy atom. The van der Waals surface area contributed by atoms with E-state index in [4.69, 9.17) is 27.9 Å². The SMILES string of the molecule is CN1CCC(N2CCN([C@]3(CC=O)C[C@H](N4CCc5ccccc5NC4=O)CCN3C(=O)OCc3ccc(Cl)c(Cl)c3)CC2)CC1. The Hall–Kier alpha value is -2.89. The van der Waals surface area contributed by atoms with E-state index in [9.17, 15) is 14.4 Å². The normalized spacial score (nSPS) is 25.5. The first-order valence-corrected chi connectivity index (χ1v) is 17.2. The molecule has 4 aliphatic heterocycles. The van der Waals surface area contributed by atoms with E-state index in [0.717, 1.165) is 81.6 Å². The van der Waals surface area contributed by atoms with Crippen LogP contribution in [0, 0.1) is 0 Å². The van der Waals surface area contributed by atoms with Gasteiger partial charge in [0, 0.05) is 69.9 Å². The number of urea groups is 1. The van der Waals surface area contributed by atoms with Crippen molar-refractivity contribution in [2.75, 3.05) is 64.7 Å². The van der Waals surface area contributed by atoms with Crippen molar-refractivity contribution in [3.05, 3.63) is 63.6 Å². The number of aldehydes is 1. The van der Waals surface area contributed by atoms with Crippen LogP contribution in [0.15, 0.2) is 42.5 Å². The Morgan fingerprint density at radius 2 is 1.70 bits per heavy atom. The number of hydrogen-bond donors (Lipinski definition) is 1. The van der Waals surface area contributed by atoms with E-state index >= 15 is 0 Å². The number of hydrogen-bond acceptors (Lipinski definition) is 7. The quantitative estimate of drug-likeness (QED) is 0.406. The maximum absolute atomic E-state index is 13.9. The van der Waals surface area contributed by atoms with Gasteiger partial charge in [-0.3, -0.25) is 14.7 Å². The molecule has 0 bridgehead atoms. The summed E-state index contributed by atoms with van der Waals surface area (Å²) >= 11 is 12.3. The second-order valence-electron chi connectivity index (χ2n) is 13.0. The minimum Gasteiger partial charge on any atom is -0.444 e. The van der Waals surface area contributed by atoms with Crippen LogP contribution in [0.2, 0.25) is 10.0 Å². The van der Waals surface area contributed by atoms with Crippen LogP contribution in [0.5, 0.6) is 0 Å². The monoisotopic (exact) mass is 670 g/mol. The molecular formula is C34H44Cl2N6O4. The molecule has 1 N–H and O–H groups in total. The lowest BCUT2D eigenvalue weighted by Crippen LogP contribution is -2.71. The third kappa shape index (κ3) is 7.01. The number of fused-ring (bicyclic) bond motifs is 1. The number of rotatable bonds is 7. The van der Waals surface area contributed by atoms with Crippen molar-refractivity contribution in [2.24, 2.45) is 0 Å². The van der Waals surface area contributed by atoms with Gasteiger partial charge in [0.1, 0.15) is 18.6 Å². The van der Waals surface area contributed by atoms with Gasteiger partial charge in [-0.1, -0.05) is 47.5 Å². The third-order valence-electron chi connectivity index (χ3n) is 10.4. The van der Waals surface area contributed by atoms with Crippen LogP contribution < -0.4 is 5.32 Å². The Balaban J connectivity index is 1.23. The van der Waals surface area contributed by atoms with Crippen LogP contribution in [0.25, 0.3) is 0 Å². The molecule has 10 nitrogen and oxygen atoms in total. The Kier molecular flexibility index (Phi) is 10.4. The number of piperidine rings is 2. The highest BCUT2D eigenvalue weighted by molar-refractivity contribution is 6.42. The largest absolute Gasteiger partial charge is 0.444 e. The summed E-state index contributed by atoms with van der Waals surface area (Å²) in [6, 6.07) is 13.3. The maximum Gasteiger partial charge on any atom is 0.411 e. The molecule has 0 aromatic heterocycles. The van der Waals surface area contributed by atoms with Gasteiger partial charge in [-0.25, -0.2) is 9.59 Å². The predicted octanol–water partition coefficient (Wildman–Crippen LogP) is 5.18. The molecule has 4 aliphatic rings.